The van der Waals surface area contributed by atoms with E-state index < -0.39 is 0 Å². The Morgan fingerprint density at radius 1 is 0.917 bits per heavy atom. The fourth-order valence-corrected chi connectivity index (χ4v) is 3.27. The van der Waals surface area contributed by atoms with Gasteiger partial charge < -0.3 is 5.11 Å². The van der Waals surface area contributed by atoms with Crippen molar-refractivity contribution in [2.45, 2.75) is 25.4 Å². The first kappa shape index (κ1) is 16.8. The molecule has 0 radical (unpaired) electrons. The molecule has 2 heteroatoms. The lowest BCUT2D eigenvalue weighted by Gasteiger charge is -2.35. The first-order chi connectivity index (χ1) is 11.8. The van der Waals surface area contributed by atoms with Gasteiger partial charge in [-0.2, -0.15) is 0 Å². The molecule has 1 aliphatic heterocycles. The predicted molar refractivity (Wildman–Crippen MR) is 98.6 cm³/mol. The summed E-state index contributed by atoms with van der Waals surface area (Å²) in [5.74, 6) is 6.86. The number of rotatable bonds is 4. The van der Waals surface area contributed by atoms with Gasteiger partial charge in [-0.05, 0) is 36.4 Å². The third-order valence-electron chi connectivity index (χ3n) is 4.71. The molecule has 2 unspecified atom stereocenters. The van der Waals surface area contributed by atoms with Crippen molar-refractivity contribution in [3.8, 4) is 11.8 Å². The highest BCUT2D eigenvalue weighted by Crippen LogP contribution is 2.22. The van der Waals surface area contributed by atoms with Crippen LogP contribution in [0, 0.1) is 17.8 Å². The minimum absolute atomic E-state index is 0.255. The average Bonchev–Trinajstić information content (AvgIpc) is 2.63. The lowest BCUT2D eigenvalue weighted by molar-refractivity contribution is 0.0275. The summed E-state index contributed by atoms with van der Waals surface area (Å²) in [7, 11) is 0. The molecule has 2 aromatic carbocycles. The van der Waals surface area contributed by atoms with Crippen LogP contribution in [0.1, 0.15) is 17.5 Å². The number of aliphatic hydroxyl groups is 1. The zero-order valence-corrected chi connectivity index (χ0v) is 14.1. The molecule has 1 N–H and O–H groups in total. The lowest BCUT2D eigenvalue weighted by Crippen LogP contribution is -2.44. The zero-order chi connectivity index (χ0) is 16.6. The molecule has 1 saturated heterocycles. The van der Waals surface area contributed by atoms with Gasteiger partial charge in [0.15, 0.2) is 0 Å². The van der Waals surface area contributed by atoms with Crippen LogP contribution in [-0.2, 0) is 12.8 Å². The van der Waals surface area contributed by atoms with E-state index in [2.05, 4.69) is 53.1 Å². The summed E-state index contributed by atoms with van der Waals surface area (Å²) in [5.41, 5.74) is 2.57. The van der Waals surface area contributed by atoms with E-state index in [9.17, 15) is 5.11 Å². The van der Waals surface area contributed by atoms with Gasteiger partial charge in [-0.3, -0.25) is 4.90 Å². The van der Waals surface area contributed by atoms with Crippen molar-refractivity contribution in [1.82, 2.24) is 4.90 Å². The van der Waals surface area contributed by atoms with E-state index in [1.165, 1.54) is 11.1 Å². The predicted octanol–water partition coefficient (Wildman–Crippen LogP) is 3.16. The van der Waals surface area contributed by atoms with Crippen molar-refractivity contribution in [2.75, 3.05) is 19.6 Å². The minimum atomic E-state index is -0.255. The summed E-state index contributed by atoms with van der Waals surface area (Å²) in [6.07, 6.45) is 2.55. The Hall–Kier alpha value is -2.08. The average molecular weight is 319 g/mol. The van der Waals surface area contributed by atoms with Crippen molar-refractivity contribution in [3.05, 3.63) is 71.8 Å². The van der Waals surface area contributed by atoms with Crippen molar-refractivity contribution in [3.63, 3.8) is 0 Å². The maximum Gasteiger partial charge on any atom is 0.0699 e. The van der Waals surface area contributed by atoms with Crippen LogP contribution in [0.15, 0.2) is 60.7 Å². The maximum absolute atomic E-state index is 10.4. The van der Waals surface area contributed by atoms with Gasteiger partial charge in [0.2, 0.25) is 0 Å². The number of β-amino-alcohol motifs (C(OH)–C–C–N with tert-alkyl or cyclic N) is 1. The SMILES string of the molecule is OC1CN(CC#CCc2ccccc2)CCC1Cc1ccccc1. The Morgan fingerprint density at radius 3 is 2.25 bits per heavy atom. The van der Waals surface area contributed by atoms with Gasteiger partial charge in [-0.15, -0.1) is 0 Å². The molecule has 0 aliphatic carbocycles. The molecule has 2 nitrogen and oxygen atoms in total. The van der Waals surface area contributed by atoms with E-state index in [1.54, 1.807) is 0 Å². The van der Waals surface area contributed by atoms with Crippen LogP contribution in [0.3, 0.4) is 0 Å². The highest BCUT2D eigenvalue weighted by molar-refractivity contribution is 5.21. The molecule has 124 valence electrons. The molecule has 1 heterocycles. The molecule has 24 heavy (non-hydrogen) atoms. The third kappa shape index (κ3) is 4.96. The molecule has 0 bridgehead atoms. The fourth-order valence-electron chi connectivity index (χ4n) is 3.27. The molecule has 0 spiro atoms. The molecule has 0 amide bonds. The minimum Gasteiger partial charge on any atom is -0.391 e. The fraction of sp³-hybridized carbons (Fsp3) is 0.364. The topological polar surface area (TPSA) is 23.5 Å². The van der Waals surface area contributed by atoms with E-state index in [4.69, 9.17) is 0 Å². The number of hydrogen-bond donors (Lipinski definition) is 1. The van der Waals surface area contributed by atoms with E-state index in [0.717, 1.165) is 38.9 Å². The normalized spacial score (nSPS) is 21.0. The van der Waals surface area contributed by atoms with Crippen molar-refractivity contribution >= 4 is 0 Å². The summed E-state index contributed by atoms with van der Waals surface area (Å²) in [4.78, 5) is 2.27. The van der Waals surface area contributed by atoms with E-state index in [1.807, 2.05) is 24.3 Å². The summed E-state index contributed by atoms with van der Waals surface area (Å²) >= 11 is 0. The van der Waals surface area contributed by atoms with E-state index in [-0.39, 0.29) is 6.10 Å². The number of aliphatic hydroxyl groups excluding tert-OH is 1. The van der Waals surface area contributed by atoms with Crippen LogP contribution in [0.25, 0.3) is 0 Å². The molecule has 1 aliphatic rings. The summed E-state index contributed by atoms with van der Waals surface area (Å²) in [5, 5.41) is 10.4. The Bertz CT molecular complexity index is 671. The number of likely N-dealkylation sites (tertiary alicyclic amines) is 1. The van der Waals surface area contributed by atoms with Crippen LogP contribution in [0.5, 0.6) is 0 Å². The molecule has 3 rings (SSSR count). The molecular formula is C22H25NO. The molecule has 1 fully saturated rings. The van der Waals surface area contributed by atoms with Gasteiger partial charge in [0, 0.05) is 13.0 Å². The van der Waals surface area contributed by atoms with Crippen molar-refractivity contribution in [2.24, 2.45) is 5.92 Å². The van der Waals surface area contributed by atoms with Crippen molar-refractivity contribution in [1.29, 1.82) is 0 Å². The van der Waals surface area contributed by atoms with E-state index >= 15 is 0 Å². The van der Waals surface area contributed by atoms with Gasteiger partial charge in [-0.25, -0.2) is 0 Å². The Morgan fingerprint density at radius 2 is 1.58 bits per heavy atom. The summed E-state index contributed by atoms with van der Waals surface area (Å²) in [6, 6.07) is 20.8. The number of nitrogens with zero attached hydrogens (tertiary/aromatic N) is 1. The summed E-state index contributed by atoms with van der Waals surface area (Å²) < 4.78 is 0. The monoisotopic (exact) mass is 319 g/mol. The second-order valence-corrected chi connectivity index (χ2v) is 6.56. The highest BCUT2D eigenvalue weighted by atomic mass is 16.3. The number of hydrogen-bond acceptors (Lipinski definition) is 2. The highest BCUT2D eigenvalue weighted by Gasteiger charge is 2.27. The molecule has 0 saturated carbocycles. The largest absolute Gasteiger partial charge is 0.391 e. The van der Waals surface area contributed by atoms with Crippen molar-refractivity contribution < 1.29 is 5.11 Å². The van der Waals surface area contributed by atoms with Crippen LogP contribution in [-0.4, -0.2) is 35.7 Å². The van der Waals surface area contributed by atoms with Crippen LogP contribution >= 0.6 is 0 Å². The van der Waals surface area contributed by atoms with E-state index in [0.29, 0.717) is 5.92 Å². The van der Waals surface area contributed by atoms with Gasteiger partial charge in [-0.1, -0.05) is 72.5 Å². The van der Waals surface area contributed by atoms with Crippen LogP contribution in [0.4, 0.5) is 0 Å². The van der Waals surface area contributed by atoms with Crippen LogP contribution < -0.4 is 0 Å². The Balaban J connectivity index is 1.44. The molecule has 0 aromatic heterocycles. The van der Waals surface area contributed by atoms with Crippen LogP contribution in [0.2, 0.25) is 0 Å². The molecule has 2 aromatic rings. The summed E-state index contributed by atoms with van der Waals surface area (Å²) in [6.45, 7) is 2.51. The Labute approximate surface area is 145 Å². The first-order valence-corrected chi connectivity index (χ1v) is 8.75. The van der Waals surface area contributed by atoms with Gasteiger partial charge in [0.05, 0.1) is 12.6 Å². The quantitative estimate of drug-likeness (QED) is 0.875. The lowest BCUT2D eigenvalue weighted by atomic mass is 9.88. The maximum atomic E-state index is 10.4. The van der Waals surface area contributed by atoms with Gasteiger partial charge >= 0.3 is 0 Å². The second-order valence-electron chi connectivity index (χ2n) is 6.56. The van der Waals surface area contributed by atoms with Gasteiger partial charge in [0.1, 0.15) is 0 Å². The third-order valence-corrected chi connectivity index (χ3v) is 4.71. The standard InChI is InChI=1S/C22H25NO/c24-22-18-23(15-8-7-11-19-9-3-1-4-10-19)16-14-21(22)17-20-12-5-2-6-13-20/h1-6,9-10,12-13,21-22,24H,11,14-18H2. The Kier molecular flexibility index (Phi) is 6.07. The molecule has 2 atom stereocenters. The number of piperidine rings is 1. The second kappa shape index (κ2) is 8.68. The molecular weight excluding hydrogens is 294 g/mol. The zero-order valence-electron chi connectivity index (χ0n) is 14.1. The number of benzene rings is 2. The van der Waals surface area contributed by atoms with Gasteiger partial charge in [0.25, 0.3) is 0 Å². The smallest absolute Gasteiger partial charge is 0.0699 e. The first-order valence-electron chi connectivity index (χ1n) is 8.75.